The van der Waals surface area contributed by atoms with Gasteiger partial charge in [0.1, 0.15) is 11.6 Å². The number of nitrogens with one attached hydrogen (secondary N) is 1. The Balaban J connectivity index is 1.19. The Morgan fingerprint density at radius 1 is 1.14 bits per heavy atom. The van der Waals surface area contributed by atoms with E-state index in [0.29, 0.717) is 13.0 Å². The van der Waals surface area contributed by atoms with Crippen LogP contribution in [0, 0.1) is 18.7 Å². The topological polar surface area (TPSA) is 82.8 Å². The SMILES string of the molecule is Cc1cc(N2CCC(C(=O)NCCCN3CCCC3=O)CC2)n2nc(-c3ccc(F)cc3)cc2n1. The van der Waals surface area contributed by atoms with Gasteiger partial charge in [0.15, 0.2) is 5.65 Å². The van der Waals surface area contributed by atoms with Crippen molar-refractivity contribution in [2.75, 3.05) is 37.6 Å². The average Bonchev–Trinajstić information content (AvgIpc) is 3.47. The van der Waals surface area contributed by atoms with E-state index in [0.717, 1.165) is 80.3 Å². The quantitative estimate of drug-likeness (QED) is 0.528. The number of nitrogens with zero attached hydrogens (tertiary/aromatic N) is 5. The first-order valence-electron chi connectivity index (χ1n) is 12.4. The molecule has 0 spiro atoms. The van der Waals surface area contributed by atoms with Crippen molar-refractivity contribution in [1.82, 2.24) is 24.8 Å². The molecule has 4 heterocycles. The second-order valence-electron chi connectivity index (χ2n) is 9.45. The van der Waals surface area contributed by atoms with E-state index >= 15 is 0 Å². The molecule has 2 aliphatic rings. The van der Waals surface area contributed by atoms with E-state index in [1.165, 1.54) is 12.1 Å². The van der Waals surface area contributed by atoms with Gasteiger partial charge in [-0.25, -0.2) is 9.37 Å². The Kier molecular flexibility index (Phi) is 6.66. The summed E-state index contributed by atoms with van der Waals surface area (Å²) in [6.07, 6.45) is 3.93. The Bertz CT molecular complexity index is 1220. The van der Waals surface area contributed by atoms with Crippen molar-refractivity contribution in [2.24, 2.45) is 5.92 Å². The van der Waals surface area contributed by atoms with Crippen molar-refractivity contribution in [3.63, 3.8) is 0 Å². The second kappa shape index (κ2) is 10.0. The van der Waals surface area contributed by atoms with Crippen molar-refractivity contribution in [2.45, 2.75) is 39.0 Å². The minimum absolute atomic E-state index is 0.00880. The normalized spacial score (nSPS) is 16.9. The molecule has 0 unspecified atom stereocenters. The Morgan fingerprint density at radius 2 is 1.91 bits per heavy atom. The van der Waals surface area contributed by atoms with Gasteiger partial charge >= 0.3 is 0 Å². The van der Waals surface area contributed by atoms with Crippen molar-refractivity contribution in [3.05, 3.63) is 47.9 Å². The summed E-state index contributed by atoms with van der Waals surface area (Å²) >= 11 is 0. The number of carbonyl (C=O) groups excluding carboxylic acids is 2. The number of hydrogen-bond acceptors (Lipinski definition) is 5. The molecule has 0 radical (unpaired) electrons. The van der Waals surface area contributed by atoms with Crippen molar-refractivity contribution in [1.29, 1.82) is 0 Å². The van der Waals surface area contributed by atoms with Gasteiger partial charge in [-0.3, -0.25) is 9.59 Å². The van der Waals surface area contributed by atoms with E-state index in [1.54, 1.807) is 12.1 Å². The summed E-state index contributed by atoms with van der Waals surface area (Å²) in [7, 11) is 0. The lowest BCUT2D eigenvalue weighted by molar-refractivity contribution is -0.127. The van der Waals surface area contributed by atoms with Crippen LogP contribution in [0.1, 0.15) is 37.8 Å². The van der Waals surface area contributed by atoms with E-state index < -0.39 is 0 Å². The number of hydrogen-bond donors (Lipinski definition) is 1. The molecular formula is C26H31FN6O2. The van der Waals surface area contributed by atoms with E-state index in [2.05, 4.69) is 15.2 Å². The van der Waals surface area contributed by atoms with Crippen LogP contribution in [0.3, 0.4) is 0 Å². The van der Waals surface area contributed by atoms with Gasteiger partial charge in [-0.1, -0.05) is 0 Å². The Labute approximate surface area is 204 Å². The zero-order chi connectivity index (χ0) is 24.4. The summed E-state index contributed by atoms with van der Waals surface area (Å²) in [6, 6.07) is 10.2. The number of likely N-dealkylation sites (tertiary alicyclic amines) is 1. The zero-order valence-corrected chi connectivity index (χ0v) is 20.0. The highest BCUT2D eigenvalue weighted by Gasteiger charge is 2.27. The zero-order valence-electron chi connectivity index (χ0n) is 20.0. The highest BCUT2D eigenvalue weighted by Crippen LogP contribution is 2.27. The number of fused-ring (bicyclic) bond motifs is 1. The number of halogens is 1. The van der Waals surface area contributed by atoms with Crippen LogP contribution in [0.5, 0.6) is 0 Å². The molecule has 0 bridgehead atoms. The number of aryl methyl sites for hydroxylation is 1. The number of anilines is 1. The van der Waals surface area contributed by atoms with Crippen molar-refractivity contribution < 1.29 is 14.0 Å². The van der Waals surface area contributed by atoms with Crippen LogP contribution in [-0.2, 0) is 9.59 Å². The van der Waals surface area contributed by atoms with E-state index in [-0.39, 0.29) is 23.5 Å². The van der Waals surface area contributed by atoms with Crippen LogP contribution in [0.2, 0.25) is 0 Å². The smallest absolute Gasteiger partial charge is 0.223 e. The van der Waals surface area contributed by atoms with Gasteiger partial charge in [0.2, 0.25) is 11.8 Å². The van der Waals surface area contributed by atoms with Crippen LogP contribution in [0.15, 0.2) is 36.4 Å². The largest absolute Gasteiger partial charge is 0.356 e. The lowest BCUT2D eigenvalue weighted by Gasteiger charge is -2.33. The summed E-state index contributed by atoms with van der Waals surface area (Å²) in [6.45, 7) is 5.64. The number of rotatable bonds is 7. The molecule has 3 aromatic rings. The molecule has 2 fully saturated rings. The summed E-state index contributed by atoms with van der Waals surface area (Å²) in [5, 5.41) is 7.81. The van der Waals surface area contributed by atoms with E-state index in [4.69, 9.17) is 5.10 Å². The third kappa shape index (κ3) is 5.13. The fourth-order valence-corrected chi connectivity index (χ4v) is 5.00. The minimum atomic E-state index is -0.277. The molecular weight excluding hydrogens is 447 g/mol. The predicted molar refractivity (Wildman–Crippen MR) is 131 cm³/mol. The van der Waals surface area contributed by atoms with Crippen LogP contribution < -0.4 is 10.2 Å². The molecule has 1 aromatic carbocycles. The first-order chi connectivity index (χ1) is 17.0. The first kappa shape index (κ1) is 23.3. The number of aromatic nitrogens is 3. The molecule has 0 atom stereocenters. The van der Waals surface area contributed by atoms with Gasteiger partial charge in [-0.05, 0) is 56.9 Å². The number of piperidine rings is 1. The number of amides is 2. The summed E-state index contributed by atoms with van der Waals surface area (Å²) < 4.78 is 15.2. The molecule has 5 rings (SSSR count). The molecule has 2 amide bonds. The van der Waals surface area contributed by atoms with Gasteiger partial charge in [0, 0.05) is 68.5 Å². The maximum atomic E-state index is 13.3. The fourth-order valence-electron chi connectivity index (χ4n) is 5.00. The van der Waals surface area contributed by atoms with Gasteiger partial charge < -0.3 is 15.1 Å². The molecule has 0 saturated carbocycles. The van der Waals surface area contributed by atoms with Crippen LogP contribution in [0.25, 0.3) is 16.9 Å². The maximum Gasteiger partial charge on any atom is 0.223 e. The highest BCUT2D eigenvalue weighted by molar-refractivity contribution is 5.79. The number of benzene rings is 1. The molecule has 8 nitrogen and oxygen atoms in total. The standard InChI is InChI=1S/C26H31FN6O2/c1-18-16-24(33-23(29-18)17-22(30-33)19-5-7-21(27)8-6-19)31-14-9-20(10-15-31)26(35)28-11-3-13-32-12-2-4-25(32)34/h5-8,16-17,20H,2-4,9-15H2,1H3,(H,28,35). The monoisotopic (exact) mass is 478 g/mol. The highest BCUT2D eigenvalue weighted by atomic mass is 19.1. The molecule has 0 aliphatic carbocycles. The lowest BCUT2D eigenvalue weighted by Crippen LogP contribution is -2.41. The van der Waals surface area contributed by atoms with E-state index in [9.17, 15) is 14.0 Å². The molecule has 2 saturated heterocycles. The average molecular weight is 479 g/mol. The van der Waals surface area contributed by atoms with E-state index in [1.807, 2.05) is 28.5 Å². The van der Waals surface area contributed by atoms with Gasteiger partial charge in [-0.15, -0.1) is 0 Å². The number of carbonyl (C=O) groups is 2. The van der Waals surface area contributed by atoms with Crippen molar-refractivity contribution >= 4 is 23.3 Å². The predicted octanol–water partition coefficient (Wildman–Crippen LogP) is 3.19. The molecule has 184 valence electrons. The molecule has 9 heteroatoms. The van der Waals surface area contributed by atoms with Gasteiger partial charge in [-0.2, -0.15) is 9.61 Å². The fraction of sp³-hybridized carbons (Fsp3) is 0.462. The molecule has 2 aliphatic heterocycles. The van der Waals surface area contributed by atoms with Crippen LogP contribution in [0.4, 0.5) is 10.2 Å². The molecule has 1 N–H and O–H groups in total. The second-order valence-corrected chi connectivity index (χ2v) is 9.45. The first-order valence-corrected chi connectivity index (χ1v) is 12.4. The maximum absolute atomic E-state index is 13.3. The third-order valence-electron chi connectivity index (χ3n) is 6.94. The minimum Gasteiger partial charge on any atom is -0.356 e. The summed E-state index contributed by atoms with van der Waals surface area (Å²) in [4.78, 5) is 33.2. The third-order valence-corrected chi connectivity index (χ3v) is 6.94. The summed E-state index contributed by atoms with van der Waals surface area (Å²) in [5.74, 6) is 0.999. The molecule has 35 heavy (non-hydrogen) atoms. The van der Waals surface area contributed by atoms with Crippen molar-refractivity contribution in [3.8, 4) is 11.3 Å². The van der Waals surface area contributed by atoms with Gasteiger partial charge in [0.25, 0.3) is 0 Å². The van der Waals surface area contributed by atoms with Gasteiger partial charge in [0.05, 0.1) is 5.69 Å². The Morgan fingerprint density at radius 3 is 2.63 bits per heavy atom. The summed E-state index contributed by atoms with van der Waals surface area (Å²) in [5.41, 5.74) is 3.23. The van der Waals surface area contributed by atoms with Crippen LogP contribution in [-0.4, -0.2) is 64.0 Å². The Hall–Kier alpha value is -3.49. The molecule has 2 aromatic heterocycles. The lowest BCUT2D eigenvalue weighted by atomic mass is 9.96. The van der Waals surface area contributed by atoms with Crippen LogP contribution >= 0.6 is 0 Å².